The van der Waals surface area contributed by atoms with Gasteiger partial charge in [0.05, 0.1) is 19.1 Å². The maximum absolute atomic E-state index is 12.8. The highest BCUT2D eigenvalue weighted by atomic mass is 32.2. The van der Waals surface area contributed by atoms with Gasteiger partial charge in [-0.05, 0) is 46.3 Å². The first-order valence-corrected chi connectivity index (χ1v) is 11.4. The zero-order valence-electron chi connectivity index (χ0n) is 18.9. The predicted molar refractivity (Wildman–Crippen MR) is 133 cm³/mol. The molecule has 1 atom stereocenters. The van der Waals surface area contributed by atoms with E-state index in [0.717, 1.165) is 10.8 Å². The van der Waals surface area contributed by atoms with E-state index in [1.807, 2.05) is 36.4 Å². The van der Waals surface area contributed by atoms with Crippen LogP contribution in [-0.2, 0) is 4.79 Å². The molecule has 0 radical (unpaired) electrons. The highest BCUT2D eigenvalue weighted by Gasteiger charge is 2.30. The number of nitrogen functional groups attached to an aromatic ring is 1. The number of carboxylic acids is 1. The van der Waals surface area contributed by atoms with E-state index in [2.05, 4.69) is 15.0 Å². The molecule has 35 heavy (non-hydrogen) atoms. The average Bonchev–Trinajstić information content (AvgIpc) is 3.23. The lowest BCUT2D eigenvalue weighted by molar-refractivity contribution is -0.139. The van der Waals surface area contributed by atoms with Crippen LogP contribution in [0.4, 0.5) is 5.82 Å². The van der Waals surface area contributed by atoms with Crippen molar-refractivity contribution < 1.29 is 19.4 Å². The number of aliphatic carboxylic acids is 1. The van der Waals surface area contributed by atoms with Gasteiger partial charge in [0.1, 0.15) is 17.8 Å². The third-order valence-electron chi connectivity index (χ3n) is 5.66. The van der Waals surface area contributed by atoms with E-state index in [9.17, 15) is 9.90 Å². The number of ether oxygens (including phenoxy) is 2. The molecule has 176 valence electrons. The van der Waals surface area contributed by atoms with E-state index >= 15 is 0 Å². The molecule has 0 saturated carbocycles. The molecule has 1 unspecified atom stereocenters. The lowest BCUT2D eigenvalue weighted by atomic mass is 9.98. The van der Waals surface area contributed by atoms with Gasteiger partial charge in [0.15, 0.2) is 28.2 Å². The topological polar surface area (TPSA) is 125 Å². The monoisotopic (exact) mass is 487 g/mol. The fourth-order valence-electron chi connectivity index (χ4n) is 4.04. The van der Waals surface area contributed by atoms with Gasteiger partial charge in [-0.3, -0.25) is 4.57 Å². The quantitative estimate of drug-likeness (QED) is 0.343. The molecule has 2 aromatic heterocycles. The molecule has 0 fully saturated rings. The second kappa shape index (κ2) is 9.15. The second-order valence-electron chi connectivity index (χ2n) is 7.62. The summed E-state index contributed by atoms with van der Waals surface area (Å²) in [5.41, 5.74) is 7.36. The predicted octanol–water partition coefficient (Wildman–Crippen LogP) is 4.40. The number of imidazole rings is 1. The lowest BCUT2D eigenvalue weighted by Crippen LogP contribution is -2.22. The van der Waals surface area contributed by atoms with Crippen molar-refractivity contribution in [1.82, 2.24) is 19.5 Å². The SMILES string of the molecule is COc1ccc(OC)c(Sc2nc3c(N)ncnc3n2C(C(=O)O)c2cccc3ccccc23)c1. The fourth-order valence-corrected chi connectivity index (χ4v) is 5.10. The Balaban J connectivity index is 1.77. The number of aromatic nitrogens is 4. The molecule has 0 saturated heterocycles. The van der Waals surface area contributed by atoms with Crippen LogP contribution in [0.2, 0.25) is 0 Å². The summed E-state index contributed by atoms with van der Waals surface area (Å²) >= 11 is 1.24. The number of methoxy groups -OCH3 is 2. The molecule has 3 N–H and O–H groups in total. The number of nitrogens with two attached hydrogens (primary N) is 1. The Morgan fingerprint density at radius 1 is 1.06 bits per heavy atom. The van der Waals surface area contributed by atoms with E-state index in [1.54, 1.807) is 43.1 Å². The summed E-state index contributed by atoms with van der Waals surface area (Å²) in [5, 5.41) is 12.6. The Kier molecular flexibility index (Phi) is 5.87. The Morgan fingerprint density at radius 3 is 2.63 bits per heavy atom. The van der Waals surface area contributed by atoms with Crippen LogP contribution in [0.3, 0.4) is 0 Å². The zero-order valence-corrected chi connectivity index (χ0v) is 19.7. The Morgan fingerprint density at radius 2 is 1.86 bits per heavy atom. The number of nitrogens with zero attached hydrogens (tertiary/aromatic N) is 4. The van der Waals surface area contributed by atoms with Crippen LogP contribution in [0.1, 0.15) is 11.6 Å². The molecule has 0 aliphatic rings. The number of rotatable bonds is 7. The van der Waals surface area contributed by atoms with Crippen LogP contribution < -0.4 is 15.2 Å². The number of benzene rings is 3. The third kappa shape index (κ3) is 3.97. The second-order valence-corrected chi connectivity index (χ2v) is 8.63. The van der Waals surface area contributed by atoms with Gasteiger partial charge >= 0.3 is 5.97 Å². The van der Waals surface area contributed by atoms with E-state index < -0.39 is 12.0 Å². The highest BCUT2D eigenvalue weighted by Crippen LogP contribution is 2.41. The number of carbonyl (C=O) groups is 1. The zero-order chi connectivity index (χ0) is 24.5. The summed E-state index contributed by atoms with van der Waals surface area (Å²) in [4.78, 5) is 26.6. The summed E-state index contributed by atoms with van der Waals surface area (Å²) in [6.45, 7) is 0. The summed E-state index contributed by atoms with van der Waals surface area (Å²) < 4.78 is 12.5. The maximum Gasteiger partial charge on any atom is 0.331 e. The standard InChI is InChI=1S/C25H21N5O4S/c1-33-15-10-11-18(34-2)19(12-15)35-25-29-20-22(26)27-13-28-23(20)30(25)21(24(31)32)17-9-5-7-14-6-3-4-8-16(14)17/h3-13,21H,1-2H3,(H,31,32)(H2,26,27,28). The van der Waals surface area contributed by atoms with Gasteiger partial charge in [-0.2, -0.15) is 0 Å². The van der Waals surface area contributed by atoms with Crippen molar-refractivity contribution >= 4 is 45.5 Å². The van der Waals surface area contributed by atoms with Crippen LogP contribution in [0.25, 0.3) is 21.9 Å². The van der Waals surface area contributed by atoms with Crippen molar-refractivity contribution in [2.45, 2.75) is 16.1 Å². The van der Waals surface area contributed by atoms with Crippen LogP contribution in [0.15, 0.2) is 77.0 Å². The minimum Gasteiger partial charge on any atom is -0.497 e. The molecule has 0 aliphatic carbocycles. The maximum atomic E-state index is 12.8. The van der Waals surface area contributed by atoms with Crippen molar-refractivity contribution in [2.75, 3.05) is 20.0 Å². The molecule has 5 aromatic rings. The minimum absolute atomic E-state index is 0.162. The molecule has 0 spiro atoms. The van der Waals surface area contributed by atoms with Crippen LogP contribution >= 0.6 is 11.8 Å². The van der Waals surface area contributed by atoms with Crippen LogP contribution in [0, 0.1) is 0 Å². The molecule has 0 aliphatic heterocycles. The number of fused-ring (bicyclic) bond motifs is 2. The number of hydrogen-bond acceptors (Lipinski definition) is 8. The van der Waals surface area contributed by atoms with Gasteiger partial charge in [0, 0.05) is 0 Å². The third-order valence-corrected chi connectivity index (χ3v) is 6.66. The molecule has 10 heteroatoms. The summed E-state index contributed by atoms with van der Waals surface area (Å²) in [7, 11) is 3.14. The molecule has 0 amide bonds. The average molecular weight is 488 g/mol. The van der Waals surface area contributed by atoms with E-state index in [4.69, 9.17) is 15.2 Å². The molecule has 2 heterocycles. The van der Waals surface area contributed by atoms with Gasteiger partial charge in [0.2, 0.25) is 0 Å². The minimum atomic E-state index is -1.13. The lowest BCUT2D eigenvalue weighted by Gasteiger charge is -2.20. The molecule has 0 bridgehead atoms. The fraction of sp³-hybridized carbons (Fsp3) is 0.120. The first kappa shape index (κ1) is 22.5. The summed E-state index contributed by atoms with van der Waals surface area (Å²) in [6.07, 6.45) is 1.30. The highest BCUT2D eigenvalue weighted by molar-refractivity contribution is 7.99. The number of carboxylic acid groups (broad SMARTS) is 1. The first-order valence-electron chi connectivity index (χ1n) is 10.6. The van der Waals surface area contributed by atoms with Crippen molar-refractivity contribution in [3.63, 3.8) is 0 Å². The molecule has 3 aromatic carbocycles. The first-order chi connectivity index (χ1) is 17.0. The summed E-state index contributed by atoms with van der Waals surface area (Å²) in [6, 6.07) is 17.5. The van der Waals surface area contributed by atoms with Crippen molar-refractivity contribution in [3.05, 3.63) is 72.6 Å². The normalized spacial score (nSPS) is 12.1. The van der Waals surface area contributed by atoms with E-state index in [-0.39, 0.29) is 5.82 Å². The van der Waals surface area contributed by atoms with Gasteiger partial charge < -0.3 is 20.3 Å². The van der Waals surface area contributed by atoms with Crippen molar-refractivity contribution in [2.24, 2.45) is 0 Å². The number of hydrogen-bond donors (Lipinski definition) is 2. The van der Waals surface area contributed by atoms with Gasteiger partial charge in [-0.15, -0.1) is 0 Å². The van der Waals surface area contributed by atoms with E-state index in [0.29, 0.717) is 38.3 Å². The van der Waals surface area contributed by atoms with Crippen LogP contribution in [0.5, 0.6) is 11.5 Å². The smallest absolute Gasteiger partial charge is 0.331 e. The van der Waals surface area contributed by atoms with Gasteiger partial charge in [0.25, 0.3) is 0 Å². The Labute approximate surface area is 204 Å². The van der Waals surface area contributed by atoms with E-state index in [1.165, 1.54) is 18.1 Å². The molecular formula is C25H21N5O4S. The number of anilines is 1. The largest absolute Gasteiger partial charge is 0.497 e. The Hall–Kier alpha value is -4.31. The molecule has 5 rings (SSSR count). The molecule has 9 nitrogen and oxygen atoms in total. The van der Waals surface area contributed by atoms with Crippen LogP contribution in [-0.4, -0.2) is 44.8 Å². The van der Waals surface area contributed by atoms with Crippen molar-refractivity contribution in [1.29, 1.82) is 0 Å². The van der Waals surface area contributed by atoms with Crippen molar-refractivity contribution in [3.8, 4) is 11.5 Å². The van der Waals surface area contributed by atoms with Gasteiger partial charge in [-0.25, -0.2) is 19.7 Å². The van der Waals surface area contributed by atoms with Gasteiger partial charge in [-0.1, -0.05) is 42.5 Å². The molecular weight excluding hydrogens is 466 g/mol. The summed E-state index contributed by atoms with van der Waals surface area (Å²) in [5.74, 6) is 0.317. The Bertz CT molecular complexity index is 1560.